The molecule has 0 fully saturated rings. The van der Waals surface area contributed by atoms with Gasteiger partial charge in [0.25, 0.3) is 5.91 Å². The Labute approximate surface area is 171 Å². The molecule has 0 saturated heterocycles. The molecule has 0 unspecified atom stereocenters. The topological polar surface area (TPSA) is 81.7 Å². The van der Waals surface area contributed by atoms with Gasteiger partial charge in [-0.05, 0) is 54.7 Å². The van der Waals surface area contributed by atoms with Crippen LogP contribution in [-0.4, -0.2) is 31.6 Å². The molecule has 2 aromatic carbocycles. The zero-order valence-corrected chi connectivity index (χ0v) is 17.2. The molecule has 0 saturated carbocycles. The fourth-order valence-electron chi connectivity index (χ4n) is 2.85. The number of rotatable bonds is 8. The van der Waals surface area contributed by atoms with E-state index in [2.05, 4.69) is 36.0 Å². The summed E-state index contributed by atoms with van der Waals surface area (Å²) in [4.78, 5) is 35.6. The molecule has 0 heterocycles. The Hall–Kier alpha value is -3.15. The smallest absolute Gasteiger partial charge is 0.338 e. The number of benzene rings is 2. The third-order valence-electron chi connectivity index (χ3n) is 4.38. The molecule has 0 radical (unpaired) electrons. The molecule has 6 heteroatoms. The van der Waals surface area contributed by atoms with Gasteiger partial charge in [0.1, 0.15) is 0 Å². The Morgan fingerprint density at radius 1 is 0.862 bits per heavy atom. The summed E-state index contributed by atoms with van der Waals surface area (Å²) in [6, 6.07) is 13.8. The SMILES string of the molecule is COC(=O)c1ccc(C(=O)OCC(=O)N[C@@H](C)c2ccc(CC(C)C)cc2)cc1. The molecule has 0 aliphatic heterocycles. The van der Waals surface area contributed by atoms with Crippen molar-refractivity contribution < 1.29 is 23.9 Å². The van der Waals surface area contributed by atoms with Crippen LogP contribution in [0.15, 0.2) is 48.5 Å². The predicted molar refractivity (Wildman–Crippen MR) is 110 cm³/mol. The summed E-state index contributed by atoms with van der Waals surface area (Å²) < 4.78 is 9.65. The number of esters is 2. The zero-order valence-electron chi connectivity index (χ0n) is 17.2. The largest absolute Gasteiger partial charge is 0.465 e. The van der Waals surface area contributed by atoms with Gasteiger partial charge in [-0.15, -0.1) is 0 Å². The Bertz CT molecular complexity index is 841. The lowest BCUT2D eigenvalue weighted by Gasteiger charge is -2.15. The molecule has 1 atom stereocenters. The fraction of sp³-hybridized carbons (Fsp3) is 0.348. The lowest BCUT2D eigenvalue weighted by Crippen LogP contribution is -2.31. The molecule has 1 amide bonds. The number of carbonyl (C=O) groups excluding carboxylic acids is 3. The van der Waals surface area contributed by atoms with Gasteiger partial charge in [0.15, 0.2) is 6.61 Å². The van der Waals surface area contributed by atoms with E-state index in [0.29, 0.717) is 11.5 Å². The van der Waals surface area contributed by atoms with Crippen LogP contribution in [0.3, 0.4) is 0 Å². The lowest BCUT2D eigenvalue weighted by molar-refractivity contribution is -0.124. The van der Waals surface area contributed by atoms with E-state index < -0.39 is 11.9 Å². The first-order chi connectivity index (χ1) is 13.8. The average molecular weight is 397 g/mol. The van der Waals surface area contributed by atoms with Crippen LogP contribution < -0.4 is 5.32 Å². The second-order valence-electron chi connectivity index (χ2n) is 7.27. The van der Waals surface area contributed by atoms with Crippen LogP contribution in [0.4, 0.5) is 0 Å². The standard InChI is InChI=1S/C23H27NO5/c1-15(2)13-17-5-7-18(8-6-17)16(3)24-21(25)14-29-23(27)20-11-9-19(10-12-20)22(26)28-4/h5-12,15-16H,13-14H2,1-4H3,(H,24,25)/t16-/m0/s1. The molecule has 2 rings (SSSR count). The van der Waals surface area contributed by atoms with E-state index in [-0.39, 0.29) is 24.1 Å². The minimum Gasteiger partial charge on any atom is -0.465 e. The van der Waals surface area contributed by atoms with Gasteiger partial charge in [-0.25, -0.2) is 9.59 Å². The van der Waals surface area contributed by atoms with Gasteiger partial charge in [-0.3, -0.25) is 4.79 Å². The van der Waals surface area contributed by atoms with Gasteiger partial charge < -0.3 is 14.8 Å². The molecule has 0 aliphatic rings. The van der Waals surface area contributed by atoms with Gasteiger partial charge in [-0.2, -0.15) is 0 Å². The third kappa shape index (κ3) is 6.75. The highest BCUT2D eigenvalue weighted by atomic mass is 16.5. The van der Waals surface area contributed by atoms with Gasteiger partial charge in [-0.1, -0.05) is 38.1 Å². The molecule has 0 bridgehead atoms. The predicted octanol–water partition coefficient (Wildman–Crippen LogP) is 3.71. The van der Waals surface area contributed by atoms with Crippen LogP contribution >= 0.6 is 0 Å². The van der Waals surface area contributed by atoms with E-state index in [9.17, 15) is 14.4 Å². The van der Waals surface area contributed by atoms with Crippen LogP contribution in [0.2, 0.25) is 0 Å². The van der Waals surface area contributed by atoms with E-state index in [4.69, 9.17) is 4.74 Å². The van der Waals surface area contributed by atoms with Gasteiger partial charge in [0, 0.05) is 0 Å². The van der Waals surface area contributed by atoms with Crippen LogP contribution in [-0.2, 0) is 20.7 Å². The summed E-state index contributed by atoms with van der Waals surface area (Å²) in [6.07, 6.45) is 1.01. The van der Waals surface area contributed by atoms with Crippen molar-refractivity contribution in [3.05, 3.63) is 70.8 Å². The molecule has 0 aliphatic carbocycles. The molecule has 0 spiro atoms. The number of amides is 1. The van der Waals surface area contributed by atoms with Crippen molar-refractivity contribution in [2.45, 2.75) is 33.2 Å². The molecular formula is C23H27NO5. The molecule has 6 nitrogen and oxygen atoms in total. The van der Waals surface area contributed by atoms with Crippen molar-refractivity contribution in [3.8, 4) is 0 Å². The summed E-state index contributed by atoms with van der Waals surface area (Å²) in [5.74, 6) is -0.926. The van der Waals surface area contributed by atoms with Crippen molar-refractivity contribution in [1.29, 1.82) is 0 Å². The summed E-state index contributed by atoms with van der Waals surface area (Å²) in [6.45, 7) is 5.84. The molecule has 29 heavy (non-hydrogen) atoms. The third-order valence-corrected chi connectivity index (χ3v) is 4.38. The van der Waals surface area contributed by atoms with E-state index in [1.807, 2.05) is 19.1 Å². The number of methoxy groups -OCH3 is 1. The summed E-state index contributed by atoms with van der Waals surface area (Å²) in [5.41, 5.74) is 2.82. The first kappa shape index (κ1) is 22.1. The number of carbonyl (C=O) groups is 3. The van der Waals surface area contributed by atoms with Crippen molar-refractivity contribution >= 4 is 17.8 Å². The van der Waals surface area contributed by atoms with Gasteiger partial charge in [0.05, 0.1) is 24.3 Å². The van der Waals surface area contributed by atoms with Crippen molar-refractivity contribution in [2.75, 3.05) is 13.7 Å². The highest BCUT2D eigenvalue weighted by molar-refractivity contribution is 5.94. The summed E-state index contributed by atoms with van der Waals surface area (Å²) >= 11 is 0. The number of ether oxygens (including phenoxy) is 2. The van der Waals surface area contributed by atoms with Crippen LogP contribution in [0.1, 0.15) is 58.7 Å². The molecule has 2 aromatic rings. The second-order valence-corrected chi connectivity index (χ2v) is 7.27. The van der Waals surface area contributed by atoms with E-state index in [1.54, 1.807) is 0 Å². The van der Waals surface area contributed by atoms with Crippen molar-refractivity contribution in [3.63, 3.8) is 0 Å². The van der Waals surface area contributed by atoms with Crippen LogP contribution in [0.25, 0.3) is 0 Å². The number of nitrogens with one attached hydrogen (secondary N) is 1. The minimum atomic E-state index is -0.637. The maximum atomic E-state index is 12.1. The Balaban J connectivity index is 1.84. The van der Waals surface area contributed by atoms with Gasteiger partial charge >= 0.3 is 11.9 Å². The number of hydrogen-bond donors (Lipinski definition) is 1. The average Bonchev–Trinajstić information content (AvgIpc) is 2.71. The summed E-state index contributed by atoms with van der Waals surface area (Å²) in [5, 5.41) is 2.82. The normalized spacial score (nSPS) is 11.6. The van der Waals surface area contributed by atoms with E-state index in [0.717, 1.165) is 12.0 Å². The Morgan fingerprint density at radius 3 is 1.93 bits per heavy atom. The van der Waals surface area contributed by atoms with Gasteiger partial charge in [0.2, 0.25) is 0 Å². The fourth-order valence-corrected chi connectivity index (χ4v) is 2.85. The Morgan fingerprint density at radius 2 is 1.41 bits per heavy atom. The maximum absolute atomic E-state index is 12.1. The first-order valence-corrected chi connectivity index (χ1v) is 9.54. The quantitative estimate of drug-likeness (QED) is 0.687. The number of hydrogen-bond acceptors (Lipinski definition) is 5. The highest BCUT2D eigenvalue weighted by Crippen LogP contribution is 2.15. The first-order valence-electron chi connectivity index (χ1n) is 9.54. The van der Waals surface area contributed by atoms with Crippen LogP contribution in [0.5, 0.6) is 0 Å². The lowest BCUT2D eigenvalue weighted by atomic mass is 10.00. The maximum Gasteiger partial charge on any atom is 0.338 e. The molecule has 1 N–H and O–H groups in total. The van der Waals surface area contributed by atoms with Crippen molar-refractivity contribution in [2.24, 2.45) is 5.92 Å². The summed E-state index contributed by atoms with van der Waals surface area (Å²) in [7, 11) is 1.28. The molecule has 0 aromatic heterocycles. The monoisotopic (exact) mass is 397 g/mol. The Kier molecular flexibility index (Phi) is 7.95. The van der Waals surface area contributed by atoms with E-state index in [1.165, 1.54) is 36.9 Å². The molecular weight excluding hydrogens is 370 g/mol. The zero-order chi connectivity index (χ0) is 21.4. The molecule has 154 valence electrons. The van der Waals surface area contributed by atoms with E-state index >= 15 is 0 Å². The minimum absolute atomic E-state index is 0.200. The van der Waals surface area contributed by atoms with Crippen molar-refractivity contribution in [1.82, 2.24) is 5.32 Å². The second kappa shape index (κ2) is 10.4. The van der Waals surface area contributed by atoms with Crippen LogP contribution in [0, 0.1) is 5.92 Å². The highest BCUT2D eigenvalue weighted by Gasteiger charge is 2.14.